The maximum atomic E-state index is 13.8. The molecule has 106 valence electrons. The van der Waals surface area contributed by atoms with Gasteiger partial charge >= 0.3 is 6.18 Å². The molecule has 2 rings (SSSR count). The monoisotopic (exact) mass is 340 g/mol. The summed E-state index contributed by atoms with van der Waals surface area (Å²) in [6.45, 7) is 1.45. The number of hydrogen-bond donors (Lipinski definition) is 1. The second-order valence-electron chi connectivity index (χ2n) is 4.40. The van der Waals surface area contributed by atoms with E-state index in [4.69, 9.17) is 0 Å². The van der Waals surface area contributed by atoms with Gasteiger partial charge in [0.25, 0.3) is 0 Å². The van der Waals surface area contributed by atoms with E-state index < -0.39 is 18.0 Å². The molecule has 1 aromatic rings. The average Bonchev–Trinajstić information content (AvgIpc) is 2.32. The molecule has 1 saturated heterocycles. The SMILES string of the molecule is Fc1cc(Br)ccc1[C@@H](N1CCNCC1)C(F)(F)F. The number of piperazine rings is 1. The number of nitrogens with zero attached hydrogens (tertiary/aromatic N) is 1. The first kappa shape index (κ1) is 14.7. The van der Waals surface area contributed by atoms with E-state index in [9.17, 15) is 17.6 Å². The van der Waals surface area contributed by atoms with Gasteiger partial charge in [0.05, 0.1) is 0 Å². The van der Waals surface area contributed by atoms with Crippen LogP contribution in [0.5, 0.6) is 0 Å². The Labute approximate surface area is 116 Å². The maximum Gasteiger partial charge on any atom is 0.408 e. The minimum absolute atomic E-state index is 0.250. The molecule has 2 nitrogen and oxygen atoms in total. The lowest BCUT2D eigenvalue weighted by Crippen LogP contribution is -2.49. The van der Waals surface area contributed by atoms with Crippen LogP contribution in [0.1, 0.15) is 11.6 Å². The molecule has 0 spiro atoms. The van der Waals surface area contributed by atoms with Crippen molar-refractivity contribution in [2.24, 2.45) is 0 Å². The van der Waals surface area contributed by atoms with Crippen LogP contribution in [0.4, 0.5) is 17.6 Å². The van der Waals surface area contributed by atoms with Gasteiger partial charge in [-0.15, -0.1) is 0 Å². The molecule has 0 unspecified atom stereocenters. The molecular weight excluding hydrogens is 328 g/mol. The maximum absolute atomic E-state index is 13.8. The Bertz CT molecular complexity index is 444. The van der Waals surface area contributed by atoms with Crippen molar-refractivity contribution in [2.45, 2.75) is 12.2 Å². The Morgan fingerprint density at radius 1 is 1.21 bits per heavy atom. The van der Waals surface area contributed by atoms with Crippen molar-refractivity contribution in [2.75, 3.05) is 26.2 Å². The van der Waals surface area contributed by atoms with E-state index in [2.05, 4.69) is 21.2 Å². The predicted molar refractivity (Wildman–Crippen MR) is 67.3 cm³/mol. The Morgan fingerprint density at radius 2 is 1.84 bits per heavy atom. The van der Waals surface area contributed by atoms with Gasteiger partial charge in [-0.25, -0.2) is 4.39 Å². The molecule has 1 heterocycles. The first-order chi connectivity index (χ1) is 8.89. The first-order valence-electron chi connectivity index (χ1n) is 5.86. The van der Waals surface area contributed by atoms with Crippen LogP contribution in [-0.2, 0) is 0 Å². The van der Waals surface area contributed by atoms with Crippen molar-refractivity contribution in [1.82, 2.24) is 10.2 Å². The minimum atomic E-state index is -4.49. The van der Waals surface area contributed by atoms with Crippen LogP contribution in [0.3, 0.4) is 0 Å². The molecule has 0 saturated carbocycles. The summed E-state index contributed by atoms with van der Waals surface area (Å²) in [6.07, 6.45) is -4.49. The van der Waals surface area contributed by atoms with E-state index in [1.807, 2.05) is 0 Å². The fourth-order valence-electron chi connectivity index (χ4n) is 2.24. The van der Waals surface area contributed by atoms with E-state index in [0.717, 1.165) is 6.07 Å². The van der Waals surface area contributed by atoms with Crippen LogP contribution in [0.25, 0.3) is 0 Å². The normalized spacial score (nSPS) is 19.4. The highest BCUT2D eigenvalue weighted by molar-refractivity contribution is 9.10. The summed E-state index contributed by atoms with van der Waals surface area (Å²) < 4.78 is 53.9. The second kappa shape index (κ2) is 5.76. The van der Waals surface area contributed by atoms with E-state index in [1.54, 1.807) is 0 Å². The third kappa shape index (κ3) is 3.46. The number of hydrogen-bond acceptors (Lipinski definition) is 2. The number of benzene rings is 1. The number of halogens is 5. The summed E-state index contributed by atoms with van der Waals surface area (Å²) in [5.74, 6) is -0.838. The molecule has 7 heteroatoms. The standard InChI is InChI=1S/C12H13BrF4N2/c13-8-1-2-9(10(14)7-8)11(12(15,16)17)19-5-3-18-4-6-19/h1-2,7,11,18H,3-6H2/t11-/m1/s1. The van der Waals surface area contributed by atoms with E-state index >= 15 is 0 Å². The topological polar surface area (TPSA) is 15.3 Å². The molecular formula is C12H13BrF4N2. The number of rotatable bonds is 2. The molecule has 0 aromatic heterocycles. The molecule has 0 radical (unpaired) electrons. The minimum Gasteiger partial charge on any atom is -0.314 e. The summed E-state index contributed by atoms with van der Waals surface area (Å²) in [5.41, 5.74) is -0.322. The highest BCUT2D eigenvalue weighted by atomic mass is 79.9. The zero-order valence-corrected chi connectivity index (χ0v) is 11.6. The fourth-order valence-corrected chi connectivity index (χ4v) is 2.58. The van der Waals surface area contributed by atoms with Gasteiger partial charge in [0.2, 0.25) is 0 Å². The molecule has 0 amide bonds. The fraction of sp³-hybridized carbons (Fsp3) is 0.500. The third-order valence-electron chi connectivity index (χ3n) is 3.08. The molecule has 1 atom stereocenters. The van der Waals surface area contributed by atoms with Gasteiger partial charge in [-0.3, -0.25) is 4.90 Å². The summed E-state index contributed by atoms with van der Waals surface area (Å²) in [7, 11) is 0. The van der Waals surface area contributed by atoms with Gasteiger partial charge in [0.1, 0.15) is 11.9 Å². The Morgan fingerprint density at radius 3 is 2.37 bits per heavy atom. The smallest absolute Gasteiger partial charge is 0.314 e. The second-order valence-corrected chi connectivity index (χ2v) is 5.31. The summed E-state index contributed by atoms with van der Waals surface area (Å²) in [4.78, 5) is 1.27. The molecule has 19 heavy (non-hydrogen) atoms. The van der Waals surface area contributed by atoms with Gasteiger partial charge in [0, 0.05) is 36.2 Å². The van der Waals surface area contributed by atoms with E-state index in [0.29, 0.717) is 17.6 Å². The number of alkyl halides is 3. The van der Waals surface area contributed by atoms with Gasteiger partial charge in [-0.1, -0.05) is 22.0 Å². The van der Waals surface area contributed by atoms with Crippen molar-refractivity contribution >= 4 is 15.9 Å². The molecule has 1 aliphatic rings. The molecule has 0 bridgehead atoms. The molecule has 1 aliphatic heterocycles. The lowest BCUT2D eigenvalue weighted by molar-refractivity contribution is -0.188. The van der Waals surface area contributed by atoms with E-state index in [1.165, 1.54) is 17.0 Å². The average molecular weight is 341 g/mol. The first-order valence-corrected chi connectivity index (χ1v) is 6.65. The Balaban J connectivity index is 2.36. The van der Waals surface area contributed by atoms with Gasteiger partial charge < -0.3 is 5.32 Å². The van der Waals surface area contributed by atoms with Gasteiger partial charge in [-0.05, 0) is 12.1 Å². The van der Waals surface area contributed by atoms with Crippen molar-refractivity contribution in [3.63, 3.8) is 0 Å². The Kier molecular flexibility index (Phi) is 4.47. The highest BCUT2D eigenvalue weighted by Gasteiger charge is 2.46. The molecule has 1 N–H and O–H groups in total. The highest BCUT2D eigenvalue weighted by Crippen LogP contribution is 2.39. The zero-order valence-electron chi connectivity index (χ0n) is 9.97. The van der Waals surface area contributed by atoms with Crippen LogP contribution in [-0.4, -0.2) is 37.3 Å². The van der Waals surface area contributed by atoms with E-state index in [-0.39, 0.29) is 18.7 Å². The van der Waals surface area contributed by atoms with Gasteiger partial charge in [-0.2, -0.15) is 13.2 Å². The van der Waals surface area contributed by atoms with Crippen LogP contribution in [0.15, 0.2) is 22.7 Å². The summed E-state index contributed by atoms with van der Waals surface area (Å²) in [6, 6.07) is 1.80. The zero-order chi connectivity index (χ0) is 14.0. The van der Waals surface area contributed by atoms with Crippen molar-refractivity contribution in [1.29, 1.82) is 0 Å². The largest absolute Gasteiger partial charge is 0.408 e. The quantitative estimate of drug-likeness (QED) is 0.832. The molecule has 0 aliphatic carbocycles. The van der Waals surface area contributed by atoms with Crippen molar-refractivity contribution in [3.05, 3.63) is 34.1 Å². The number of nitrogens with one attached hydrogen (secondary N) is 1. The van der Waals surface area contributed by atoms with Gasteiger partial charge in [0.15, 0.2) is 0 Å². The molecule has 1 aromatic carbocycles. The summed E-state index contributed by atoms with van der Waals surface area (Å²) in [5, 5.41) is 2.99. The van der Waals surface area contributed by atoms with Crippen LogP contribution in [0.2, 0.25) is 0 Å². The lowest BCUT2D eigenvalue weighted by atomic mass is 10.0. The lowest BCUT2D eigenvalue weighted by Gasteiger charge is -2.36. The third-order valence-corrected chi connectivity index (χ3v) is 3.58. The van der Waals surface area contributed by atoms with Crippen LogP contribution < -0.4 is 5.32 Å². The van der Waals surface area contributed by atoms with Crippen LogP contribution in [0, 0.1) is 5.82 Å². The Hall–Kier alpha value is -0.660. The predicted octanol–water partition coefficient (Wildman–Crippen LogP) is 3.10. The summed E-state index contributed by atoms with van der Waals surface area (Å²) >= 11 is 3.05. The van der Waals surface area contributed by atoms with Crippen LogP contribution >= 0.6 is 15.9 Å². The van der Waals surface area contributed by atoms with Crippen molar-refractivity contribution in [3.8, 4) is 0 Å². The van der Waals surface area contributed by atoms with Crippen molar-refractivity contribution < 1.29 is 17.6 Å². The molecule has 1 fully saturated rings.